The minimum absolute atomic E-state index is 0.0588. The van der Waals surface area contributed by atoms with Crippen molar-refractivity contribution in [1.82, 2.24) is 29.8 Å². The van der Waals surface area contributed by atoms with E-state index in [2.05, 4.69) is 41.4 Å². The molecule has 2 fully saturated rings. The van der Waals surface area contributed by atoms with E-state index in [4.69, 9.17) is 34.0 Å². The lowest BCUT2D eigenvalue weighted by Gasteiger charge is -2.20. The van der Waals surface area contributed by atoms with Gasteiger partial charge in [0.1, 0.15) is 54.5 Å². The molecule has 0 saturated carbocycles. The van der Waals surface area contributed by atoms with Gasteiger partial charge in [-0.2, -0.15) is 13.4 Å². The van der Waals surface area contributed by atoms with E-state index in [1.165, 1.54) is 46.3 Å². The molecule has 6 heterocycles. The zero-order valence-electron chi connectivity index (χ0n) is 36.6. The number of primary amides is 1. The zero-order chi connectivity index (χ0) is 49.0. The number of nitrogens with one attached hydrogen (secondary N) is 2. The number of imidazole rings is 1. The first-order valence-corrected chi connectivity index (χ1v) is 24.5. The monoisotopic (exact) mass is 1000 g/mol. The number of phosphoric ester groups is 2. The third kappa shape index (κ3) is 11.2. The number of para-hydroxylation sites is 3. The first-order valence-electron chi connectivity index (χ1n) is 21.6. The summed E-state index contributed by atoms with van der Waals surface area (Å²) in [5.41, 5.74) is 9.34. The Hall–Kier alpha value is -5.70. The van der Waals surface area contributed by atoms with Crippen LogP contribution in [-0.4, -0.2) is 136 Å². The van der Waals surface area contributed by atoms with Crippen molar-refractivity contribution in [2.75, 3.05) is 38.2 Å². The van der Waals surface area contributed by atoms with Crippen LogP contribution in [0.3, 0.4) is 0 Å². The highest BCUT2D eigenvalue weighted by Gasteiger charge is 2.50. The Morgan fingerprint density at radius 2 is 1.58 bits per heavy atom. The fourth-order valence-corrected chi connectivity index (χ4v) is 10.00. The minimum atomic E-state index is -5.45. The van der Waals surface area contributed by atoms with Crippen LogP contribution in [0.2, 0.25) is 0 Å². The van der Waals surface area contributed by atoms with Gasteiger partial charge in [-0.1, -0.05) is 18.2 Å². The molecule has 0 bridgehead atoms. The number of aliphatic hydroxyl groups is 4. The van der Waals surface area contributed by atoms with Crippen LogP contribution < -0.4 is 30.2 Å². The first kappa shape index (κ1) is 49.7. The Morgan fingerprint density at radius 1 is 0.855 bits per heavy atom. The van der Waals surface area contributed by atoms with Crippen LogP contribution >= 0.6 is 15.6 Å². The van der Waals surface area contributed by atoms with E-state index in [9.17, 15) is 48.9 Å². The molecule has 2 aliphatic rings. The smallest absolute Gasteiger partial charge is 0.481 e. The second-order valence-corrected chi connectivity index (χ2v) is 18.9. The summed E-state index contributed by atoms with van der Waals surface area (Å²) in [4.78, 5) is 62.3. The molecule has 0 aliphatic carbocycles. The molecule has 2 amide bonds. The van der Waals surface area contributed by atoms with Crippen LogP contribution in [-0.2, 0) is 43.3 Å². The number of fused-ring (bicyclic) bond motifs is 3. The molecule has 10 N–H and O–H groups in total. The fraction of sp³-hybridized carbons (Fsp3) is 0.415. The molecule has 368 valence electrons. The van der Waals surface area contributed by atoms with E-state index in [0.29, 0.717) is 18.8 Å². The van der Waals surface area contributed by atoms with Gasteiger partial charge in [0, 0.05) is 37.7 Å². The molecule has 26 nitrogen and oxygen atoms in total. The van der Waals surface area contributed by atoms with Crippen molar-refractivity contribution in [2.45, 2.75) is 75.4 Å². The number of amides is 2. The quantitative estimate of drug-likeness (QED) is 0.0195. The molecule has 4 aromatic heterocycles. The first-order chi connectivity index (χ1) is 33.0. The van der Waals surface area contributed by atoms with Crippen molar-refractivity contribution in [1.29, 1.82) is 0 Å². The maximum absolute atomic E-state index is 12.7. The van der Waals surface area contributed by atoms with Crippen LogP contribution in [0.4, 0.5) is 5.82 Å². The van der Waals surface area contributed by atoms with E-state index in [1.807, 2.05) is 42.5 Å². The lowest BCUT2D eigenvalue weighted by atomic mass is 10.1. The summed E-state index contributed by atoms with van der Waals surface area (Å²) in [5.74, 6) is -0.0477. The van der Waals surface area contributed by atoms with Gasteiger partial charge in [-0.15, -0.1) is 0 Å². The van der Waals surface area contributed by atoms with Crippen LogP contribution in [0.15, 0.2) is 79.6 Å². The van der Waals surface area contributed by atoms with Gasteiger partial charge < -0.3 is 60.8 Å². The van der Waals surface area contributed by atoms with Gasteiger partial charge in [0.15, 0.2) is 53.0 Å². The topological polar surface area (TPSA) is 359 Å². The Balaban J connectivity index is 0.780. The largest absolute Gasteiger partial charge is 0.491 e. The highest BCUT2D eigenvalue weighted by Crippen LogP contribution is 2.61. The summed E-state index contributed by atoms with van der Waals surface area (Å²) in [6.45, 7) is 1.75. The van der Waals surface area contributed by atoms with Gasteiger partial charge in [-0.25, -0.2) is 29.1 Å². The number of carbonyl (C=O) groups is 2. The van der Waals surface area contributed by atoms with E-state index >= 15 is 0 Å². The highest BCUT2D eigenvalue weighted by atomic mass is 31.3. The van der Waals surface area contributed by atoms with Crippen molar-refractivity contribution in [2.24, 2.45) is 5.73 Å². The van der Waals surface area contributed by atoms with Crippen molar-refractivity contribution >= 4 is 66.5 Å². The van der Waals surface area contributed by atoms with Gasteiger partial charge in [0.05, 0.1) is 26.1 Å². The molecule has 2 aliphatic heterocycles. The summed E-state index contributed by atoms with van der Waals surface area (Å²) in [6.07, 6.45) is -6.43. The molecule has 0 radical (unpaired) electrons. The number of benzene rings is 2. The van der Waals surface area contributed by atoms with Crippen LogP contribution in [0.25, 0.3) is 33.2 Å². The molecule has 2 saturated heterocycles. The molecule has 28 heteroatoms. The number of aryl methyl sites for hydroxylation is 1. The lowest BCUT2D eigenvalue weighted by molar-refractivity contribution is -0.765. The Morgan fingerprint density at radius 3 is 2.33 bits per heavy atom. The van der Waals surface area contributed by atoms with Crippen molar-refractivity contribution < 1.29 is 85.6 Å². The summed E-state index contributed by atoms with van der Waals surface area (Å²) in [7, 11) is -10.9. The van der Waals surface area contributed by atoms with Crippen molar-refractivity contribution in [3.05, 3.63) is 85.2 Å². The number of rotatable bonds is 21. The number of nitrogens with zero attached hydrogens (tertiary/aromatic N) is 7. The number of hydrogen-bond donors (Lipinski definition) is 9. The van der Waals surface area contributed by atoms with Gasteiger partial charge in [-0.05, 0) is 31.5 Å². The number of phosphoric acid groups is 2. The average molecular weight is 1000 g/mol. The number of hydrogen-bond acceptors (Lipinski definition) is 19. The molecule has 10 unspecified atom stereocenters. The van der Waals surface area contributed by atoms with Crippen molar-refractivity contribution in [3.8, 4) is 5.75 Å². The highest BCUT2D eigenvalue weighted by molar-refractivity contribution is 7.61. The second kappa shape index (κ2) is 21.1. The number of ether oxygens (including phenoxy) is 3. The third-order valence-corrected chi connectivity index (χ3v) is 13.9. The summed E-state index contributed by atoms with van der Waals surface area (Å²) in [6, 6.07) is 16.5. The Kier molecular flexibility index (Phi) is 15.2. The number of anilines is 1. The molecule has 69 heavy (non-hydrogen) atoms. The number of pyridine rings is 1. The summed E-state index contributed by atoms with van der Waals surface area (Å²) < 4.78 is 61.4. The molecule has 6 aromatic rings. The fourth-order valence-electron chi connectivity index (χ4n) is 7.91. The van der Waals surface area contributed by atoms with Crippen LogP contribution in [0.5, 0.6) is 5.75 Å². The SMILES string of the molecule is CC[n+]1c2ccccc2nc2c(OCCCC(=O)NCCNc3ncnc4c3ncn4C3OC(COP(=O)(O)OP(=O)(O)OCC4OC([n+]5cccc(C(N)=O)c5)C(O)C4O)C(O)C3O)cccc21. The molecule has 8 rings (SSSR count). The second-order valence-electron chi connectivity index (χ2n) is 15.9. The lowest BCUT2D eigenvalue weighted by Crippen LogP contribution is -2.46. The number of nitrogens with two attached hydrogens (primary N) is 1. The van der Waals surface area contributed by atoms with Gasteiger partial charge in [0.2, 0.25) is 16.9 Å². The molecular weight excluding hydrogens is 950 g/mol. The van der Waals surface area contributed by atoms with E-state index in [1.54, 1.807) is 0 Å². The Labute approximate surface area is 391 Å². The van der Waals surface area contributed by atoms with Crippen LogP contribution in [0.1, 0.15) is 42.6 Å². The number of aromatic nitrogens is 7. The van der Waals surface area contributed by atoms with E-state index in [0.717, 1.165) is 28.6 Å². The predicted octanol–water partition coefficient (Wildman–Crippen LogP) is -0.202. The third-order valence-electron chi connectivity index (χ3n) is 11.3. The minimum Gasteiger partial charge on any atom is -0.491 e. The summed E-state index contributed by atoms with van der Waals surface area (Å²) in [5, 5.41) is 48.6. The number of aliphatic hydroxyl groups excluding tert-OH is 4. The average Bonchev–Trinajstić information content (AvgIpc) is 3.98. The predicted molar refractivity (Wildman–Crippen MR) is 236 cm³/mol. The van der Waals surface area contributed by atoms with Gasteiger partial charge in [-0.3, -0.25) is 23.2 Å². The Bertz CT molecular complexity index is 2930. The molecule has 0 spiro atoms. The standard InChI is InChI=1S/C41H48N10O16P2/c1-2-50-25-10-4-3-9-24(25)48-31-26(50)11-5-12-27(31)62-17-7-13-30(52)43-14-15-44-38-32-39(46-21-45-38)51(22-47-32)41-36(56)34(54)29(66-41)20-64-69(60,61)67-68(58,59)63-19-28-33(53)35(55)40(65-28)49-16-6-8-23(18-49)37(42)57/h3-6,8-12,16,18,21-22,28-29,33-36,40-41,53-56H,2,7,13-15,17,19-20H2,1H3,(H4-2,42,43,44,45,46,52,57,58,59,60,61)/p+2. The zero-order valence-corrected chi connectivity index (χ0v) is 38.4. The molecule has 2 aromatic carbocycles. The molecule has 10 atom stereocenters. The van der Waals surface area contributed by atoms with Crippen LogP contribution in [0, 0.1) is 0 Å². The number of carbonyl (C=O) groups excluding carboxylic acids is 2. The summed E-state index contributed by atoms with van der Waals surface area (Å²) >= 11 is 0. The van der Waals surface area contributed by atoms with E-state index in [-0.39, 0.29) is 48.0 Å². The molecular formula is C41H50N10O16P2+2. The maximum atomic E-state index is 12.7. The normalized spacial score (nSPS) is 24.3. The maximum Gasteiger partial charge on any atom is 0.481 e. The van der Waals surface area contributed by atoms with Gasteiger partial charge in [0.25, 0.3) is 12.1 Å². The van der Waals surface area contributed by atoms with Crippen molar-refractivity contribution in [3.63, 3.8) is 0 Å². The van der Waals surface area contributed by atoms with Gasteiger partial charge >= 0.3 is 15.6 Å². The van der Waals surface area contributed by atoms with E-state index < -0.39 is 83.8 Å².